The lowest BCUT2D eigenvalue weighted by Crippen LogP contribution is -2.66. The van der Waals surface area contributed by atoms with Gasteiger partial charge in [-0.05, 0) is 18.9 Å². The normalized spacial score (nSPS) is 15.8. The average molecular weight is 384 g/mol. The predicted octanol–water partition coefficient (Wildman–Crippen LogP) is 6.52. The molecule has 0 aliphatic rings. The molecule has 0 bridgehead atoms. The number of unbranched alkanes of at least 4 members (excludes halogenated alkanes) is 3. The molecular weight excluding hydrogens is 372 g/mol. The Morgan fingerprint density at radius 2 is 1.17 bits per heavy atom. The highest BCUT2D eigenvalue weighted by Gasteiger charge is 2.87. The van der Waals surface area contributed by atoms with E-state index in [0.717, 1.165) is 0 Å². The van der Waals surface area contributed by atoms with Gasteiger partial charge in [0.2, 0.25) is 0 Å². The zero-order valence-corrected chi connectivity index (χ0v) is 11.9. The van der Waals surface area contributed by atoms with Gasteiger partial charge in [0.1, 0.15) is 0 Å². The number of rotatable bonds is 8. The van der Waals surface area contributed by atoms with Gasteiger partial charge in [0.15, 0.2) is 5.83 Å². The largest absolute Gasteiger partial charge is 0.460 e. The SMILES string of the molecule is CCCCC/C=C(\F)C(F)(F)C(F)(F)C(F)(F)C(F)(F)C(F)(F)F. The Morgan fingerprint density at radius 1 is 0.708 bits per heavy atom. The summed E-state index contributed by atoms with van der Waals surface area (Å²) < 4.78 is 152. The summed E-state index contributed by atoms with van der Waals surface area (Å²) in [5.41, 5.74) is 0. The van der Waals surface area contributed by atoms with Crippen molar-refractivity contribution in [3.05, 3.63) is 11.9 Å². The van der Waals surface area contributed by atoms with Crippen LogP contribution in [0, 0.1) is 0 Å². The molecule has 0 fully saturated rings. The third-order valence-corrected chi connectivity index (χ3v) is 2.97. The fourth-order valence-electron chi connectivity index (χ4n) is 1.47. The van der Waals surface area contributed by atoms with E-state index in [1.807, 2.05) is 0 Å². The highest BCUT2D eigenvalue weighted by Crippen LogP contribution is 2.58. The molecule has 0 aromatic heterocycles. The van der Waals surface area contributed by atoms with Crippen LogP contribution in [-0.2, 0) is 0 Å². The maximum absolute atomic E-state index is 13.1. The molecule has 0 amide bonds. The lowest BCUT2D eigenvalue weighted by Gasteiger charge is -2.36. The van der Waals surface area contributed by atoms with Crippen molar-refractivity contribution < 1.29 is 52.7 Å². The molecule has 0 heterocycles. The van der Waals surface area contributed by atoms with Crippen LogP contribution in [0.25, 0.3) is 0 Å². The molecule has 0 saturated carbocycles. The minimum absolute atomic E-state index is 0.0132. The second kappa shape index (κ2) is 7.03. The first-order valence-corrected chi connectivity index (χ1v) is 6.42. The van der Waals surface area contributed by atoms with Crippen molar-refractivity contribution in [1.82, 2.24) is 0 Å². The summed E-state index contributed by atoms with van der Waals surface area (Å²) in [5, 5.41) is 0. The summed E-state index contributed by atoms with van der Waals surface area (Å²) in [4.78, 5) is 0. The van der Waals surface area contributed by atoms with Crippen molar-refractivity contribution >= 4 is 0 Å². The molecule has 0 atom stereocenters. The number of hydrogen-bond donors (Lipinski definition) is 0. The van der Waals surface area contributed by atoms with E-state index in [1.165, 1.54) is 0 Å². The molecule has 0 unspecified atom stereocenters. The van der Waals surface area contributed by atoms with E-state index in [-0.39, 0.29) is 12.5 Å². The molecule has 0 aromatic rings. The van der Waals surface area contributed by atoms with Crippen LogP contribution in [0.2, 0.25) is 0 Å². The first-order chi connectivity index (χ1) is 10.5. The van der Waals surface area contributed by atoms with Crippen LogP contribution in [0.5, 0.6) is 0 Å². The first kappa shape index (κ1) is 22.9. The third kappa shape index (κ3) is 3.76. The summed E-state index contributed by atoms with van der Waals surface area (Å²) in [6, 6.07) is 0. The number of alkyl halides is 11. The third-order valence-electron chi connectivity index (χ3n) is 2.97. The van der Waals surface area contributed by atoms with Gasteiger partial charge in [-0.3, -0.25) is 0 Å². The van der Waals surface area contributed by atoms with Crippen molar-refractivity contribution in [2.24, 2.45) is 0 Å². The maximum Gasteiger partial charge on any atom is 0.460 e. The summed E-state index contributed by atoms with van der Waals surface area (Å²) in [6.07, 6.45) is -7.30. The minimum Gasteiger partial charge on any atom is -0.205 e. The Kier molecular flexibility index (Phi) is 6.70. The molecule has 0 radical (unpaired) electrons. The molecule has 0 aliphatic heterocycles. The van der Waals surface area contributed by atoms with Crippen LogP contribution >= 0.6 is 0 Å². The van der Waals surface area contributed by atoms with Crippen molar-refractivity contribution in [1.29, 1.82) is 0 Å². The fourth-order valence-corrected chi connectivity index (χ4v) is 1.47. The van der Waals surface area contributed by atoms with E-state index < -0.39 is 42.1 Å². The molecule has 0 spiro atoms. The molecule has 0 aromatic carbocycles. The molecule has 12 heteroatoms. The second-order valence-corrected chi connectivity index (χ2v) is 4.84. The maximum atomic E-state index is 13.1. The lowest BCUT2D eigenvalue weighted by molar-refractivity contribution is -0.419. The van der Waals surface area contributed by atoms with Gasteiger partial charge in [-0.15, -0.1) is 0 Å². The van der Waals surface area contributed by atoms with E-state index in [2.05, 4.69) is 0 Å². The highest BCUT2D eigenvalue weighted by atomic mass is 19.4. The van der Waals surface area contributed by atoms with Gasteiger partial charge in [0.25, 0.3) is 0 Å². The van der Waals surface area contributed by atoms with Crippen LogP contribution < -0.4 is 0 Å². The number of hydrogen-bond acceptors (Lipinski definition) is 0. The van der Waals surface area contributed by atoms with Gasteiger partial charge in [-0.2, -0.15) is 48.3 Å². The number of allylic oxidation sites excluding steroid dienone is 2. The molecule has 24 heavy (non-hydrogen) atoms. The molecular formula is C12H12F12. The van der Waals surface area contributed by atoms with Crippen molar-refractivity contribution in [3.8, 4) is 0 Å². The Morgan fingerprint density at radius 3 is 1.54 bits per heavy atom. The zero-order valence-electron chi connectivity index (χ0n) is 11.9. The van der Waals surface area contributed by atoms with Gasteiger partial charge in [-0.25, -0.2) is 4.39 Å². The van der Waals surface area contributed by atoms with E-state index in [1.54, 1.807) is 6.92 Å². The van der Waals surface area contributed by atoms with E-state index >= 15 is 0 Å². The quantitative estimate of drug-likeness (QED) is 0.330. The van der Waals surface area contributed by atoms with Crippen LogP contribution in [0.15, 0.2) is 11.9 Å². The van der Waals surface area contributed by atoms with Crippen LogP contribution in [0.4, 0.5) is 52.7 Å². The predicted molar refractivity (Wildman–Crippen MR) is 59.2 cm³/mol. The van der Waals surface area contributed by atoms with Gasteiger partial charge < -0.3 is 0 Å². The molecule has 0 aliphatic carbocycles. The summed E-state index contributed by atoms with van der Waals surface area (Å²) in [5.74, 6) is -32.2. The van der Waals surface area contributed by atoms with E-state index in [0.29, 0.717) is 12.8 Å². The minimum atomic E-state index is -7.59. The first-order valence-electron chi connectivity index (χ1n) is 6.42. The molecule has 0 rings (SSSR count). The molecule has 0 saturated heterocycles. The molecule has 0 nitrogen and oxygen atoms in total. The zero-order chi connectivity index (χ0) is 19.6. The summed E-state index contributed by atoms with van der Waals surface area (Å²) >= 11 is 0. The molecule has 0 N–H and O–H groups in total. The van der Waals surface area contributed by atoms with E-state index in [4.69, 9.17) is 0 Å². The topological polar surface area (TPSA) is 0 Å². The number of halogens is 12. The van der Waals surface area contributed by atoms with Crippen molar-refractivity contribution in [2.75, 3.05) is 0 Å². The smallest absolute Gasteiger partial charge is 0.205 e. The Hall–Kier alpha value is -1.10. The van der Waals surface area contributed by atoms with Gasteiger partial charge in [0.05, 0.1) is 0 Å². The summed E-state index contributed by atoms with van der Waals surface area (Å²) in [6.45, 7) is 1.63. The van der Waals surface area contributed by atoms with Crippen LogP contribution in [-0.4, -0.2) is 29.9 Å². The van der Waals surface area contributed by atoms with E-state index in [9.17, 15) is 52.7 Å². The fraction of sp³-hybridized carbons (Fsp3) is 0.833. The lowest BCUT2D eigenvalue weighted by atomic mass is 9.96. The second-order valence-electron chi connectivity index (χ2n) is 4.84. The standard InChI is InChI=1S/C12H12F12/c1-2-3-4-5-6-7(13)8(14,15)9(16,17)10(18,19)11(20,21)12(22,23)24/h6H,2-5H2,1H3/b7-6-. The van der Waals surface area contributed by atoms with Crippen molar-refractivity contribution in [3.63, 3.8) is 0 Å². The highest BCUT2D eigenvalue weighted by molar-refractivity contribution is 5.17. The van der Waals surface area contributed by atoms with Gasteiger partial charge in [0, 0.05) is 0 Å². The van der Waals surface area contributed by atoms with Gasteiger partial charge in [-0.1, -0.05) is 19.8 Å². The average Bonchev–Trinajstić information content (AvgIpc) is 2.41. The Balaban J connectivity index is 5.76. The van der Waals surface area contributed by atoms with Crippen LogP contribution in [0.3, 0.4) is 0 Å². The Labute approximate surface area is 128 Å². The summed E-state index contributed by atoms with van der Waals surface area (Å²) in [7, 11) is 0. The Bertz CT molecular complexity index is 445. The van der Waals surface area contributed by atoms with Crippen LogP contribution in [0.1, 0.15) is 32.6 Å². The van der Waals surface area contributed by atoms with Gasteiger partial charge >= 0.3 is 29.9 Å². The monoisotopic (exact) mass is 384 g/mol. The molecule has 144 valence electrons. The van der Waals surface area contributed by atoms with Crippen molar-refractivity contribution in [2.45, 2.75) is 62.5 Å².